The van der Waals surface area contributed by atoms with Gasteiger partial charge in [0.2, 0.25) is 11.6 Å². The van der Waals surface area contributed by atoms with Crippen LogP contribution in [0.2, 0.25) is 0 Å². The number of nitrogens with zero attached hydrogens (tertiary/aromatic N) is 1. The van der Waals surface area contributed by atoms with Crippen LogP contribution in [-0.4, -0.2) is 61.5 Å². The first-order valence-electron chi connectivity index (χ1n) is 6.26. The lowest BCUT2D eigenvalue weighted by atomic mass is 9.91. The molecule has 0 amide bonds. The SMILES string of the molecule is CO[C@@]1(C)O[C@@H]2[C@@H](C(=O)O)CN=C(N)[C@H]2O[C@]1(C)OC. The van der Waals surface area contributed by atoms with E-state index >= 15 is 0 Å². The van der Waals surface area contributed by atoms with Crippen molar-refractivity contribution in [2.24, 2.45) is 16.6 Å². The summed E-state index contributed by atoms with van der Waals surface area (Å²) in [7, 11) is 2.89. The van der Waals surface area contributed by atoms with Crippen molar-refractivity contribution in [3.05, 3.63) is 0 Å². The standard InChI is InChI=1S/C12H20N2O6/c1-11(17-3)12(2,18-4)20-8-7(19-11)6(10(15)16)5-14-9(8)13/h6-8H,5H2,1-4H3,(H2,13,14)(H,15,16)/t6-,7+,8-,11-,12-/m0/s1. The van der Waals surface area contributed by atoms with E-state index < -0.39 is 35.7 Å². The van der Waals surface area contributed by atoms with Crippen LogP contribution < -0.4 is 5.73 Å². The highest BCUT2D eigenvalue weighted by Crippen LogP contribution is 2.42. The molecule has 2 aliphatic heterocycles. The monoisotopic (exact) mass is 288 g/mol. The topological polar surface area (TPSA) is 113 Å². The molecule has 8 nitrogen and oxygen atoms in total. The van der Waals surface area contributed by atoms with Gasteiger partial charge in [0.1, 0.15) is 24.0 Å². The Morgan fingerprint density at radius 3 is 2.40 bits per heavy atom. The van der Waals surface area contributed by atoms with Gasteiger partial charge in [-0.2, -0.15) is 0 Å². The van der Waals surface area contributed by atoms with Crippen molar-refractivity contribution in [1.29, 1.82) is 0 Å². The van der Waals surface area contributed by atoms with Crippen molar-refractivity contribution < 1.29 is 28.8 Å². The molecule has 0 saturated carbocycles. The van der Waals surface area contributed by atoms with Crippen molar-refractivity contribution >= 4 is 11.8 Å². The van der Waals surface area contributed by atoms with Crippen molar-refractivity contribution in [3.63, 3.8) is 0 Å². The summed E-state index contributed by atoms with van der Waals surface area (Å²) in [5, 5.41) is 9.28. The molecule has 0 aromatic carbocycles. The summed E-state index contributed by atoms with van der Waals surface area (Å²) in [5.41, 5.74) is 5.81. The van der Waals surface area contributed by atoms with Crippen molar-refractivity contribution in [2.75, 3.05) is 20.8 Å². The summed E-state index contributed by atoms with van der Waals surface area (Å²) in [6, 6.07) is 0. The van der Waals surface area contributed by atoms with E-state index in [0.29, 0.717) is 0 Å². The van der Waals surface area contributed by atoms with Gasteiger partial charge in [-0.25, -0.2) is 0 Å². The summed E-state index contributed by atoms with van der Waals surface area (Å²) in [6.07, 6.45) is -1.56. The lowest BCUT2D eigenvalue weighted by molar-refractivity contribution is -0.443. The molecule has 0 bridgehead atoms. The summed E-state index contributed by atoms with van der Waals surface area (Å²) >= 11 is 0. The number of rotatable bonds is 3. The van der Waals surface area contributed by atoms with Gasteiger partial charge in [0.05, 0.1) is 6.54 Å². The number of carboxylic acids is 1. The molecule has 3 N–H and O–H groups in total. The van der Waals surface area contributed by atoms with Crippen LogP contribution in [0.5, 0.6) is 0 Å². The van der Waals surface area contributed by atoms with Gasteiger partial charge in [-0.1, -0.05) is 0 Å². The minimum Gasteiger partial charge on any atom is -0.481 e. The fourth-order valence-corrected chi connectivity index (χ4v) is 2.45. The smallest absolute Gasteiger partial charge is 0.311 e. The van der Waals surface area contributed by atoms with Crippen LogP contribution >= 0.6 is 0 Å². The summed E-state index contributed by atoms with van der Waals surface area (Å²) in [5.74, 6) is -4.14. The molecule has 0 unspecified atom stereocenters. The molecule has 2 aliphatic rings. The largest absolute Gasteiger partial charge is 0.481 e. The molecule has 0 radical (unpaired) electrons. The number of aliphatic carboxylic acids is 1. The van der Waals surface area contributed by atoms with Gasteiger partial charge in [-0.15, -0.1) is 0 Å². The van der Waals surface area contributed by atoms with Crippen LogP contribution in [0, 0.1) is 5.92 Å². The van der Waals surface area contributed by atoms with Gasteiger partial charge in [0, 0.05) is 14.2 Å². The second-order valence-corrected chi connectivity index (χ2v) is 5.13. The van der Waals surface area contributed by atoms with Crippen LogP contribution in [0.25, 0.3) is 0 Å². The first-order chi connectivity index (χ1) is 9.28. The molecule has 0 aromatic heterocycles. The maximum Gasteiger partial charge on any atom is 0.311 e. The molecule has 0 spiro atoms. The van der Waals surface area contributed by atoms with Crippen molar-refractivity contribution in [1.82, 2.24) is 0 Å². The highest BCUT2D eigenvalue weighted by atomic mass is 16.8. The minimum absolute atomic E-state index is 0.0508. The summed E-state index contributed by atoms with van der Waals surface area (Å²) in [4.78, 5) is 15.3. The maximum atomic E-state index is 11.3. The first kappa shape index (κ1) is 15.2. The third-order valence-electron chi connectivity index (χ3n) is 4.09. The molecule has 114 valence electrons. The fourth-order valence-electron chi connectivity index (χ4n) is 2.45. The second kappa shape index (κ2) is 4.96. The van der Waals surface area contributed by atoms with E-state index in [-0.39, 0.29) is 12.4 Å². The van der Waals surface area contributed by atoms with Crippen molar-refractivity contribution in [2.45, 2.75) is 37.6 Å². The third kappa shape index (κ3) is 2.08. The highest BCUT2D eigenvalue weighted by molar-refractivity contribution is 5.88. The lowest BCUT2D eigenvalue weighted by Crippen LogP contribution is -2.70. The Labute approximate surface area is 116 Å². The number of amidine groups is 1. The highest BCUT2D eigenvalue weighted by Gasteiger charge is 2.60. The number of hydrogen-bond acceptors (Lipinski definition) is 7. The Morgan fingerprint density at radius 1 is 1.35 bits per heavy atom. The molecule has 1 saturated heterocycles. The molecule has 5 atom stereocenters. The molecule has 1 fully saturated rings. The molecular formula is C12H20N2O6. The Bertz CT molecular complexity index is 442. The molecule has 8 heteroatoms. The molecule has 2 heterocycles. The zero-order valence-electron chi connectivity index (χ0n) is 12.0. The van der Waals surface area contributed by atoms with Crippen LogP contribution in [-0.2, 0) is 23.7 Å². The Morgan fingerprint density at radius 2 is 1.90 bits per heavy atom. The molecule has 20 heavy (non-hydrogen) atoms. The van der Waals surface area contributed by atoms with E-state index in [9.17, 15) is 9.90 Å². The maximum absolute atomic E-state index is 11.3. The Hall–Kier alpha value is -1.22. The van der Waals surface area contributed by atoms with Crippen LogP contribution in [0.4, 0.5) is 0 Å². The number of aliphatic imine (C=N–C) groups is 1. The van der Waals surface area contributed by atoms with E-state index in [1.54, 1.807) is 13.8 Å². The summed E-state index contributed by atoms with van der Waals surface area (Å²) in [6.45, 7) is 3.33. The average molecular weight is 288 g/mol. The number of carbonyl (C=O) groups is 1. The van der Waals surface area contributed by atoms with Crippen LogP contribution in [0.15, 0.2) is 4.99 Å². The van der Waals surface area contributed by atoms with Gasteiger partial charge in [-0.3, -0.25) is 9.79 Å². The lowest BCUT2D eigenvalue weighted by Gasteiger charge is -2.53. The van der Waals surface area contributed by atoms with E-state index in [4.69, 9.17) is 24.7 Å². The molecule has 0 aromatic rings. The quantitative estimate of drug-likeness (QED) is 0.724. The van der Waals surface area contributed by atoms with Gasteiger partial charge < -0.3 is 29.8 Å². The van der Waals surface area contributed by atoms with E-state index in [1.807, 2.05) is 0 Å². The first-order valence-corrected chi connectivity index (χ1v) is 6.26. The zero-order valence-corrected chi connectivity index (χ0v) is 12.0. The Kier molecular flexibility index (Phi) is 3.76. The number of hydrogen-bond donors (Lipinski definition) is 2. The predicted octanol–water partition coefficient (Wildman–Crippen LogP) is -0.433. The van der Waals surface area contributed by atoms with E-state index in [1.165, 1.54) is 14.2 Å². The van der Waals surface area contributed by atoms with Gasteiger partial charge >= 0.3 is 5.97 Å². The minimum atomic E-state index is -1.26. The Balaban J connectivity index is 2.39. The van der Waals surface area contributed by atoms with Crippen LogP contribution in [0.1, 0.15) is 13.8 Å². The number of nitrogens with two attached hydrogens (primary N) is 1. The normalized spacial score (nSPS) is 44.6. The number of methoxy groups -OCH3 is 2. The third-order valence-corrected chi connectivity index (χ3v) is 4.09. The average Bonchev–Trinajstić information content (AvgIpc) is 2.41. The fraction of sp³-hybridized carbons (Fsp3) is 0.833. The predicted molar refractivity (Wildman–Crippen MR) is 68.2 cm³/mol. The molecule has 0 aliphatic carbocycles. The number of carboxylic acid groups (broad SMARTS) is 1. The number of ether oxygens (including phenoxy) is 4. The van der Waals surface area contributed by atoms with Crippen molar-refractivity contribution in [3.8, 4) is 0 Å². The van der Waals surface area contributed by atoms with Gasteiger partial charge in [0.25, 0.3) is 0 Å². The van der Waals surface area contributed by atoms with Gasteiger partial charge in [0.15, 0.2) is 0 Å². The molecular weight excluding hydrogens is 268 g/mol. The zero-order chi connectivity index (χ0) is 15.1. The van der Waals surface area contributed by atoms with E-state index in [2.05, 4.69) is 4.99 Å². The van der Waals surface area contributed by atoms with E-state index in [0.717, 1.165) is 0 Å². The second-order valence-electron chi connectivity index (χ2n) is 5.13. The summed E-state index contributed by atoms with van der Waals surface area (Å²) < 4.78 is 22.4. The van der Waals surface area contributed by atoms with Gasteiger partial charge in [-0.05, 0) is 13.8 Å². The molecule has 2 rings (SSSR count). The van der Waals surface area contributed by atoms with Crippen LogP contribution in [0.3, 0.4) is 0 Å². The number of fused-ring (bicyclic) bond motifs is 1.